The van der Waals surface area contributed by atoms with Crippen LogP contribution in [0.3, 0.4) is 0 Å². The first kappa shape index (κ1) is 36.6. The Labute approximate surface area is 286 Å². The lowest BCUT2D eigenvalue weighted by Gasteiger charge is -2.27. The number of carbonyl (C=O) groups is 4. The Hall–Kier alpha value is -5.19. The molecule has 1 fully saturated rings. The van der Waals surface area contributed by atoms with E-state index in [0.717, 1.165) is 11.1 Å². The van der Waals surface area contributed by atoms with Gasteiger partial charge < -0.3 is 25.4 Å². The standard InChI is InChI=1S/C37H44N6O6/c1-24(2)19-29(33(44)37(3)23-49-37)39-34(45)30(20-25-11-7-5-8-12-25)40-35(46)31(21-27-15-17-28(48-4)18-16-27)41-36(47)32(42-43-38)22-26-13-9-6-10-14-26/h5-18,24,29-32H,19-23H2,1-4H3,(H,39,45)(H,40,46)(H,41,47)/t29-,30-,31-,32-,37+/m0/s1. The Morgan fingerprint density at radius 3 is 1.71 bits per heavy atom. The molecule has 5 atom stereocenters. The number of nitrogens with one attached hydrogen (secondary N) is 3. The van der Waals surface area contributed by atoms with Crippen LogP contribution in [-0.4, -0.2) is 67.0 Å². The van der Waals surface area contributed by atoms with Crippen molar-refractivity contribution in [3.63, 3.8) is 0 Å². The minimum absolute atomic E-state index is 0.0692. The van der Waals surface area contributed by atoms with Crippen LogP contribution in [0.1, 0.15) is 43.9 Å². The largest absolute Gasteiger partial charge is 0.497 e. The first-order valence-electron chi connectivity index (χ1n) is 16.4. The molecule has 1 saturated heterocycles. The van der Waals surface area contributed by atoms with Gasteiger partial charge in [0.1, 0.15) is 29.5 Å². The zero-order chi connectivity index (χ0) is 35.4. The summed E-state index contributed by atoms with van der Waals surface area (Å²) < 4.78 is 10.6. The molecule has 3 aromatic rings. The van der Waals surface area contributed by atoms with Crippen molar-refractivity contribution in [2.45, 2.75) is 76.2 Å². The molecule has 3 N–H and O–H groups in total. The molecule has 1 aliphatic rings. The van der Waals surface area contributed by atoms with E-state index < -0.39 is 47.5 Å². The lowest BCUT2D eigenvalue weighted by Crippen LogP contribution is -2.58. The Morgan fingerprint density at radius 1 is 0.776 bits per heavy atom. The molecule has 0 aromatic heterocycles. The van der Waals surface area contributed by atoms with E-state index in [0.29, 0.717) is 17.7 Å². The highest BCUT2D eigenvalue weighted by atomic mass is 16.6. The summed E-state index contributed by atoms with van der Waals surface area (Å²) in [7, 11) is 1.54. The lowest BCUT2D eigenvalue weighted by molar-refractivity contribution is -0.134. The fourth-order valence-electron chi connectivity index (χ4n) is 5.49. The van der Waals surface area contributed by atoms with Crippen molar-refractivity contribution in [3.8, 4) is 5.75 Å². The van der Waals surface area contributed by atoms with Crippen molar-refractivity contribution in [1.29, 1.82) is 0 Å². The fraction of sp³-hybridized carbons (Fsp3) is 0.405. The van der Waals surface area contributed by atoms with Gasteiger partial charge in [0.05, 0.1) is 19.8 Å². The molecule has 12 nitrogen and oxygen atoms in total. The molecule has 49 heavy (non-hydrogen) atoms. The van der Waals surface area contributed by atoms with Gasteiger partial charge >= 0.3 is 0 Å². The highest BCUT2D eigenvalue weighted by molar-refractivity contribution is 5.98. The van der Waals surface area contributed by atoms with E-state index in [2.05, 4.69) is 26.0 Å². The van der Waals surface area contributed by atoms with Crippen LogP contribution in [0.5, 0.6) is 5.75 Å². The molecule has 0 saturated carbocycles. The van der Waals surface area contributed by atoms with Gasteiger partial charge in [0.25, 0.3) is 0 Å². The van der Waals surface area contributed by atoms with Crippen LogP contribution in [0.4, 0.5) is 0 Å². The van der Waals surface area contributed by atoms with Crippen molar-refractivity contribution in [1.82, 2.24) is 16.0 Å². The van der Waals surface area contributed by atoms with Crippen molar-refractivity contribution >= 4 is 23.5 Å². The summed E-state index contributed by atoms with van der Waals surface area (Å²) in [6.07, 6.45) is 0.724. The monoisotopic (exact) mass is 668 g/mol. The molecule has 0 radical (unpaired) electrons. The van der Waals surface area contributed by atoms with E-state index in [1.165, 1.54) is 0 Å². The summed E-state index contributed by atoms with van der Waals surface area (Å²) in [4.78, 5) is 57.8. The maximum atomic E-state index is 14.1. The molecule has 0 spiro atoms. The molecule has 0 aliphatic carbocycles. The minimum Gasteiger partial charge on any atom is -0.497 e. The van der Waals surface area contributed by atoms with Crippen LogP contribution in [-0.2, 0) is 43.2 Å². The van der Waals surface area contributed by atoms with Crippen molar-refractivity contribution in [2.75, 3.05) is 13.7 Å². The van der Waals surface area contributed by atoms with Crippen molar-refractivity contribution in [2.24, 2.45) is 11.0 Å². The summed E-state index contributed by atoms with van der Waals surface area (Å²) in [6, 6.07) is 21.1. The van der Waals surface area contributed by atoms with E-state index in [1.807, 2.05) is 74.5 Å². The Bertz CT molecular complexity index is 1620. The summed E-state index contributed by atoms with van der Waals surface area (Å²) in [5, 5.41) is 12.2. The Kier molecular flexibility index (Phi) is 12.9. The molecule has 4 rings (SSSR count). The predicted octanol–water partition coefficient (Wildman–Crippen LogP) is 4.26. The number of ether oxygens (including phenoxy) is 2. The minimum atomic E-state index is -1.15. The quantitative estimate of drug-likeness (QED) is 0.0790. The molecule has 258 valence electrons. The van der Waals surface area contributed by atoms with Gasteiger partial charge in [-0.15, -0.1) is 0 Å². The number of Topliss-reactive ketones (excluding diaryl/α,β-unsaturated/α-hetero) is 1. The molecule has 0 unspecified atom stereocenters. The van der Waals surface area contributed by atoms with Crippen LogP contribution in [0, 0.1) is 5.92 Å². The van der Waals surface area contributed by atoms with Gasteiger partial charge in [0.2, 0.25) is 17.7 Å². The smallest absolute Gasteiger partial charge is 0.243 e. The molecule has 1 aliphatic heterocycles. The number of amides is 3. The SMILES string of the molecule is COc1ccc(C[C@H](NC(=O)[C@H](Cc2ccccc2)N=[N+]=[N-])C(=O)N[C@@H](Cc2ccccc2)C(=O)N[C@@H](CC(C)C)C(=O)[C@@]2(C)CO2)cc1. The summed E-state index contributed by atoms with van der Waals surface area (Å²) >= 11 is 0. The third kappa shape index (κ3) is 10.9. The third-order valence-corrected chi connectivity index (χ3v) is 8.35. The number of azide groups is 1. The predicted molar refractivity (Wildman–Crippen MR) is 185 cm³/mol. The van der Waals surface area contributed by atoms with Crippen molar-refractivity contribution < 1.29 is 28.7 Å². The number of hydrogen-bond donors (Lipinski definition) is 3. The summed E-state index contributed by atoms with van der Waals surface area (Å²) in [5.41, 5.74) is 10.6. The Balaban J connectivity index is 1.60. The number of ketones is 1. The second-order valence-electron chi connectivity index (χ2n) is 12.8. The molecule has 3 amide bonds. The van der Waals surface area contributed by atoms with E-state index in [-0.39, 0.29) is 37.6 Å². The maximum Gasteiger partial charge on any atom is 0.243 e. The second-order valence-corrected chi connectivity index (χ2v) is 12.8. The third-order valence-electron chi connectivity index (χ3n) is 8.35. The van der Waals surface area contributed by atoms with Crippen LogP contribution in [0.15, 0.2) is 90.0 Å². The number of hydrogen-bond acceptors (Lipinski definition) is 7. The van der Waals surface area contributed by atoms with Gasteiger partial charge in [0, 0.05) is 17.8 Å². The number of carbonyl (C=O) groups excluding carboxylic acids is 4. The average molecular weight is 669 g/mol. The molecular formula is C37H44N6O6. The number of benzene rings is 3. The van der Waals surface area contributed by atoms with Gasteiger partial charge in [0.15, 0.2) is 5.78 Å². The summed E-state index contributed by atoms with van der Waals surface area (Å²) in [5.74, 6) is -1.29. The highest BCUT2D eigenvalue weighted by Gasteiger charge is 2.50. The fourth-order valence-corrected chi connectivity index (χ4v) is 5.49. The normalized spacial score (nSPS) is 17.4. The average Bonchev–Trinajstić information content (AvgIpc) is 3.85. The van der Waals surface area contributed by atoms with Crippen molar-refractivity contribution in [3.05, 3.63) is 112 Å². The van der Waals surface area contributed by atoms with Gasteiger partial charge in [-0.3, -0.25) is 19.2 Å². The lowest BCUT2D eigenvalue weighted by atomic mass is 9.93. The van der Waals surface area contributed by atoms with Gasteiger partial charge in [-0.05, 0) is 60.0 Å². The first-order valence-corrected chi connectivity index (χ1v) is 16.4. The van der Waals surface area contributed by atoms with E-state index in [1.54, 1.807) is 38.3 Å². The first-order chi connectivity index (χ1) is 23.5. The molecule has 0 bridgehead atoms. The second kappa shape index (κ2) is 17.3. The van der Waals surface area contributed by atoms with Crippen LogP contribution in [0.2, 0.25) is 0 Å². The highest BCUT2D eigenvalue weighted by Crippen LogP contribution is 2.29. The van der Waals surface area contributed by atoms with Crippen LogP contribution < -0.4 is 20.7 Å². The topological polar surface area (TPSA) is 175 Å². The van der Waals surface area contributed by atoms with Gasteiger partial charge in [-0.25, -0.2) is 0 Å². The molecule has 3 aromatic carbocycles. The molecule has 12 heteroatoms. The zero-order valence-corrected chi connectivity index (χ0v) is 28.3. The van der Waals surface area contributed by atoms with E-state index >= 15 is 0 Å². The summed E-state index contributed by atoms with van der Waals surface area (Å²) in [6.45, 7) is 5.90. The van der Waals surface area contributed by atoms with Crippen LogP contribution >= 0.6 is 0 Å². The number of nitrogens with zero attached hydrogens (tertiary/aromatic N) is 3. The zero-order valence-electron chi connectivity index (χ0n) is 28.3. The molecule has 1 heterocycles. The molecular weight excluding hydrogens is 624 g/mol. The Morgan fingerprint density at radius 2 is 1.24 bits per heavy atom. The number of methoxy groups -OCH3 is 1. The van der Waals surface area contributed by atoms with Crippen LogP contribution in [0.25, 0.3) is 10.4 Å². The van der Waals surface area contributed by atoms with E-state index in [9.17, 15) is 24.7 Å². The maximum absolute atomic E-state index is 14.1. The number of rotatable bonds is 18. The number of epoxide rings is 1. The van der Waals surface area contributed by atoms with Gasteiger partial charge in [-0.1, -0.05) is 91.8 Å². The van der Waals surface area contributed by atoms with E-state index in [4.69, 9.17) is 9.47 Å². The van der Waals surface area contributed by atoms with Gasteiger partial charge in [-0.2, -0.15) is 0 Å².